The second-order valence-corrected chi connectivity index (χ2v) is 51.8. The highest BCUT2D eigenvalue weighted by molar-refractivity contribution is 8.07. The maximum absolute atomic E-state index is 2.48. The van der Waals surface area contributed by atoms with E-state index in [9.17, 15) is 0 Å². The van der Waals surface area contributed by atoms with Crippen LogP contribution in [0.2, 0.25) is 78.6 Å². The molecule has 0 unspecified atom stereocenters. The smallest absolute Gasteiger partial charge is 0.0646 e. The first-order chi connectivity index (χ1) is 7.41. The highest BCUT2D eigenvalue weighted by Crippen LogP contribution is 2.37. The lowest BCUT2D eigenvalue weighted by Crippen LogP contribution is -2.24. The van der Waals surface area contributed by atoms with Gasteiger partial charge in [-0.3, -0.25) is 0 Å². The predicted molar refractivity (Wildman–Crippen MR) is 110 cm³/mol. The van der Waals surface area contributed by atoms with Gasteiger partial charge in [0.2, 0.25) is 0 Å². The molecule has 0 bridgehead atoms. The quantitative estimate of drug-likeness (QED) is 0.390. The molecular weight excluding hydrogens is 318 g/mol. The lowest BCUT2D eigenvalue weighted by molar-refractivity contribution is 1.84. The first-order valence-corrected chi connectivity index (χ1v) is 27.0. The van der Waals surface area contributed by atoms with Crippen LogP contribution in [0, 0.1) is 0 Å². The van der Waals surface area contributed by atoms with E-state index in [2.05, 4.69) is 78.6 Å². The standard InChI is InChI=1S/2C6H19PSi2/c2*1-8(2,3)7-9(4,5)6/h2*7H,1-6H3. The SMILES string of the molecule is C[Si](C)(C)P[Si](C)(C)C.C[Si](C)(C)P[Si](C)(C)C. The Kier molecular flexibility index (Phi) is 9.36. The molecule has 6 heteroatoms. The zero-order valence-electron chi connectivity index (χ0n) is 15.0. The normalized spacial score (nSPS) is 14.0. The van der Waals surface area contributed by atoms with Crippen molar-refractivity contribution in [2.24, 2.45) is 0 Å². The third-order valence-electron chi connectivity index (χ3n) is 1.50. The van der Waals surface area contributed by atoms with Gasteiger partial charge in [-0.05, 0) is 0 Å². The summed E-state index contributed by atoms with van der Waals surface area (Å²) in [6.07, 6.45) is 0. The molecule has 0 fully saturated rings. The predicted octanol–water partition coefficient (Wildman–Crippen LogP) is 6.67. The van der Waals surface area contributed by atoms with Gasteiger partial charge in [-0.15, -0.1) is 15.4 Å². The van der Waals surface area contributed by atoms with Crippen LogP contribution in [0.15, 0.2) is 0 Å². The van der Waals surface area contributed by atoms with Gasteiger partial charge in [-0.2, -0.15) is 0 Å². The summed E-state index contributed by atoms with van der Waals surface area (Å²) in [7, 11) is -0.155. The van der Waals surface area contributed by atoms with Crippen molar-refractivity contribution in [1.29, 1.82) is 0 Å². The second-order valence-electron chi connectivity index (χ2n) is 9.25. The molecule has 0 aliphatic carbocycles. The van der Waals surface area contributed by atoms with Gasteiger partial charge in [-0.25, -0.2) is 0 Å². The van der Waals surface area contributed by atoms with Crippen LogP contribution in [0.5, 0.6) is 0 Å². The van der Waals surface area contributed by atoms with Gasteiger partial charge in [0.05, 0.1) is 31.0 Å². The molecule has 0 nitrogen and oxygen atoms in total. The van der Waals surface area contributed by atoms with Gasteiger partial charge >= 0.3 is 0 Å². The summed E-state index contributed by atoms with van der Waals surface area (Å²) < 4.78 is 0. The Morgan fingerprint density at radius 1 is 0.333 bits per heavy atom. The molecule has 18 heavy (non-hydrogen) atoms. The maximum atomic E-state index is 2.48. The average Bonchev–Trinajstić information content (AvgIpc) is 1.64. The van der Waals surface area contributed by atoms with E-state index in [4.69, 9.17) is 0 Å². The van der Waals surface area contributed by atoms with Gasteiger partial charge in [0.1, 0.15) is 0 Å². The van der Waals surface area contributed by atoms with Gasteiger partial charge in [-0.1, -0.05) is 78.6 Å². The summed E-state index contributed by atoms with van der Waals surface area (Å²) in [4.78, 5) is 0. The molecule has 112 valence electrons. The zero-order valence-corrected chi connectivity index (χ0v) is 21.0. The Hall–Kier alpha value is 1.73. The van der Waals surface area contributed by atoms with Crippen molar-refractivity contribution < 1.29 is 0 Å². The average molecular weight is 357 g/mol. The summed E-state index contributed by atoms with van der Waals surface area (Å²) in [5, 5.41) is 0. The van der Waals surface area contributed by atoms with Gasteiger partial charge < -0.3 is 0 Å². The summed E-state index contributed by atoms with van der Waals surface area (Å²) in [5.74, 6) is 0. The molecule has 0 radical (unpaired) electrons. The number of rotatable bonds is 4. The lowest BCUT2D eigenvalue weighted by Gasteiger charge is -2.25. The second kappa shape index (κ2) is 7.66. The minimum atomic E-state index is -0.703. The minimum absolute atomic E-state index is 0.703. The molecule has 0 atom stereocenters. The van der Waals surface area contributed by atoms with Crippen LogP contribution in [0.4, 0.5) is 0 Å². The fourth-order valence-corrected chi connectivity index (χ4v) is 60.8. The van der Waals surface area contributed by atoms with E-state index in [1.165, 1.54) is 15.4 Å². The van der Waals surface area contributed by atoms with Crippen LogP contribution in [-0.4, -0.2) is 31.0 Å². The molecule has 0 N–H and O–H groups in total. The van der Waals surface area contributed by atoms with Crippen LogP contribution in [0.3, 0.4) is 0 Å². The van der Waals surface area contributed by atoms with Crippen LogP contribution in [0.25, 0.3) is 0 Å². The Bertz CT molecular complexity index is 178. The Labute approximate surface area is 125 Å². The topological polar surface area (TPSA) is 0 Å². The summed E-state index contributed by atoms with van der Waals surface area (Å²) >= 11 is 0. The molecule has 0 saturated carbocycles. The van der Waals surface area contributed by atoms with Gasteiger partial charge in [0.15, 0.2) is 0 Å². The third-order valence-corrected chi connectivity index (χ3v) is 40.5. The monoisotopic (exact) mass is 356 g/mol. The van der Waals surface area contributed by atoms with Crippen molar-refractivity contribution in [1.82, 2.24) is 0 Å². The molecule has 0 saturated heterocycles. The summed E-state index contributed by atoms with van der Waals surface area (Å²) in [6, 6.07) is 0. The lowest BCUT2D eigenvalue weighted by atomic mass is 11.8. The molecule has 0 rings (SSSR count). The van der Waals surface area contributed by atoms with E-state index in [-0.39, 0.29) is 0 Å². The van der Waals surface area contributed by atoms with Crippen LogP contribution in [0.1, 0.15) is 0 Å². The largest absolute Gasteiger partial charge is 0.145 e. The van der Waals surface area contributed by atoms with E-state index in [0.717, 1.165) is 0 Å². The fraction of sp³-hybridized carbons (Fsp3) is 1.00. The first kappa shape index (κ1) is 22.0. The van der Waals surface area contributed by atoms with Crippen molar-refractivity contribution in [3.63, 3.8) is 0 Å². The molecule has 0 aliphatic heterocycles. The Morgan fingerprint density at radius 3 is 0.444 bits per heavy atom. The summed E-state index contributed by atoms with van der Waals surface area (Å²) in [5.41, 5.74) is 0. The van der Waals surface area contributed by atoms with Crippen LogP contribution in [-0.2, 0) is 0 Å². The number of hydrogen-bond donors (Lipinski definition) is 0. The van der Waals surface area contributed by atoms with Crippen molar-refractivity contribution >= 4 is 46.3 Å². The van der Waals surface area contributed by atoms with Crippen molar-refractivity contribution in [2.45, 2.75) is 78.6 Å². The highest BCUT2D eigenvalue weighted by Gasteiger charge is 2.23. The van der Waals surface area contributed by atoms with E-state index in [1.807, 2.05) is 0 Å². The minimum Gasteiger partial charge on any atom is -0.145 e. The van der Waals surface area contributed by atoms with E-state index in [0.29, 0.717) is 0 Å². The third kappa shape index (κ3) is 26.3. The van der Waals surface area contributed by atoms with Crippen molar-refractivity contribution in [3.8, 4) is 0 Å². The Morgan fingerprint density at radius 2 is 0.444 bits per heavy atom. The van der Waals surface area contributed by atoms with Gasteiger partial charge in [0.25, 0.3) is 0 Å². The molecule has 0 aromatic heterocycles. The van der Waals surface area contributed by atoms with Crippen molar-refractivity contribution in [2.75, 3.05) is 0 Å². The highest BCUT2D eigenvalue weighted by atomic mass is 31.6. The molecular formula is C12H38P2Si4. The maximum Gasteiger partial charge on any atom is 0.0646 e. The summed E-state index contributed by atoms with van der Waals surface area (Å²) in [6.45, 7) is 29.7. The van der Waals surface area contributed by atoms with Crippen molar-refractivity contribution in [3.05, 3.63) is 0 Å². The van der Waals surface area contributed by atoms with E-state index in [1.54, 1.807) is 0 Å². The van der Waals surface area contributed by atoms with Gasteiger partial charge in [0, 0.05) is 0 Å². The van der Waals surface area contributed by atoms with Crippen LogP contribution >= 0.6 is 15.4 Å². The molecule has 0 aliphatic rings. The molecule has 0 aromatic carbocycles. The zero-order chi connectivity index (χ0) is 15.4. The van der Waals surface area contributed by atoms with E-state index < -0.39 is 31.0 Å². The molecule has 0 aromatic rings. The van der Waals surface area contributed by atoms with E-state index >= 15 is 0 Å². The molecule has 0 spiro atoms. The molecule has 0 amide bonds. The van der Waals surface area contributed by atoms with Crippen LogP contribution < -0.4 is 0 Å². The Balaban J connectivity index is 0. The fourth-order valence-electron chi connectivity index (χ4n) is 2.25. The number of hydrogen-bond acceptors (Lipinski definition) is 0. The first-order valence-electron chi connectivity index (χ1n) is 7.00. The molecule has 0 heterocycles.